The summed E-state index contributed by atoms with van der Waals surface area (Å²) < 4.78 is 16.3. The Bertz CT molecular complexity index is 1120. The minimum atomic E-state index is -0.172. The molecule has 0 aliphatic heterocycles. The Hall–Kier alpha value is -3.61. The highest BCUT2D eigenvalue weighted by molar-refractivity contribution is 6.31. The van der Waals surface area contributed by atoms with Crippen molar-refractivity contribution in [1.29, 1.82) is 0 Å². The molecular formula is C30H36N2O4. The van der Waals surface area contributed by atoms with Crippen molar-refractivity contribution in [2.24, 2.45) is 5.92 Å². The molecule has 0 aliphatic carbocycles. The Morgan fingerprint density at radius 3 is 2.03 bits per heavy atom. The maximum Gasteiger partial charge on any atom is 0.256 e. The summed E-state index contributed by atoms with van der Waals surface area (Å²) in [5, 5.41) is 3.08. The van der Waals surface area contributed by atoms with E-state index in [0.29, 0.717) is 23.6 Å². The number of rotatable bonds is 12. The fourth-order valence-corrected chi connectivity index (χ4v) is 3.81. The van der Waals surface area contributed by atoms with E-state index >= 15 is 0 Å². The summed E-state index contributed by atoms with van der Waals surface area (Å²) in [6.07, 6.45) is 0. The minimum Gasteiger partial charge on any atom is -0.492 e. The maximum absolute atomic E-state index is 13.8. The van der Waals surface area contributed by atoms with Gasteiger partial charge < -0.3 is 24.4 Å². The van der Waals surface area contributed by atoms with Gasteiger partial charge in [-0.3, -0.25) is 4.79 Å². The zero-order chi connectivity index (χ0) is 25.9. The molecule has 0 saturated heterocycles. The summed E-state index contributed by atoms with van der Waals surface area (Å²) in [7, 11) is 5.60. The van der Waals surface area contributed by atoms with Crippen LogP contribution < -0.4 is 14.8 Å². The van der Waals surface area contributed by atoms with E-state index in [9.17, 15) is 4.79 Å². The van der Waals surface area contributed by atoms with Crippen LogP contribution in [0.4, 0.5) is 5.69 Å². The molecule has 1 N–H and O–H groups in total. The summed E-state index contributed by atoms with van der Waals surface area (Å²) in [5.74, 6) is 1.39. The van der Waals surface area contributed by atoms with Gasteiger partial charge in [-0.2, -0.15) is 0 Å². The second kappa shape index (κ2) is 13.5. The highest BCUT2D eigenvalue weighted by Gasteiger charge is 2.21. The van der Waals surface area contributed by atoms with Crippen molar-refractivity contribution in [3.05, 3.63) is 90.0 Å². The van der Waals surface area contributed by atoms with Crippen LogP contribution in [0.5, 0.6) is 11.5 Å². The van der Waals surface area contributed by atoms with Crippen LogP contribution in [-0.2, 0) is 9.53 Å². The van der Waals surface area contributed by atoms with Gasteiger partial charge >= 0.3 is 0 Å². The van der Waals surface area contributed by atoms with Crippen LogP contribution in [0.1, 0.15) is 25.0 Å². The third-order valence-corrected chi connectivity index (χ3v) is 5.56. The number of carbonyl (C=O) groups is 1. The molecule has 3 aromatic carbocycles. The van der Waals surface area contributed by atoms with Crippen LogP contribution in [-0.4, -0.2) is 52.0 Å². The van der Waals surface area contributed by atoms with Gasteiger partial charge in [-0.25, -0.2) is 0 Å². The Kier molecular flexibility index (Phi) is 10.1. The second-order valence-corrected chi connectivity index (χ2v) is 9.01. The Morgan fingerprint density at radius 1 is 0.833 bits per heavy atom. The molecule has 0 unspecified atom stereocenters. The normalized spacial score (nSPS) is 11.9. The van der Waals surface area contributed by atoms with Crippen molar-refractivity contribution in [2.75, 3.05) is 46.5 Å². The van der Waals surface area contributed by atoms with Gasteiger partial charge in [0.2, 0.25) is 0 Å². The summed E-state index contributed by atoms with van der Waals surface area (Å²) >= 11 is 0. The van der Waals surface area contributed by atoms with Gasteiger partial charge in [0.25, 0.3) is 5.91 Å². The van der Waals surface area contributed by atoms with E-state index in [4.69, 9.17) is 14.2 Å². The minimum absolute atomic E-state index is 0.116. The van der Waals surface area contributed by atoms with Crippen LogP contribution in [0.2, 0.25) is 0 Å². The van der Waals surface area contributed by atoms with Gasteiger partial charge in [-0.1, -0.05) is 56.3 Å². The summed E-state index contributed by atoms with van der Waals surface area (Å²) in [5.41, 5.74) is 4.13. The summed E-state index contributed by atoms with van der Waals surface area (Å²) in [6, 6.07) is 25.0. The first-order chi connectivity index (χ1) is 17.4. The van der Waals surface area contributed by atoms with Gasteiger partial charge in [0.15, 0.2) is 6.79 Å². The highest BCUT2D eigenvalue weighted by atomic mass is 16.7. The number of benzene rings is 3. The lowest BCUT2D eigenvalue weighted by Crippen LogP contribution is -2.19. The molecule has 0 fully saturated rings. The Labute approximate surface area is 214 Å². The first-order valence-corrected chi connectivity index (χ1v) is 12.1. The number of amides is 1. The number of nitrogens with one attached hydrogen (secondary N) is 1. The van der Waals surface area contributed by atoms with Crippen molar-refractivity contribution >= 4 is 22.7 Å². The first-order valence-electron chi connectivity index (χ1n) is 12.1. The molecule has 0 heterocycles. The first kappa shape index (κ1) is 27.0. The molecule has 6 nitrogen and oxygen atoms in total. The molecule has 0 radical (unpaired) electrons. The van der Waals surface area contributed by atoms with Crippen LogP contribution in [0.15, 0.2) is 78.9 Å². The average molecular weight is 489 g/mol. The SMILES string of the molecule is COCOc1ccc(C(C(=O)Nc2ccc(OCCN(C)C)cc2)=C(c2ccccc2)C(C)C)cc1. The van der Waals surface area contributed by atoms with E-state index < -0.39 is 0 Å². The van der Waals surface area contributed by atoms with Gasteiger partial charge in [-0.05, 0) is 73.1 Å². The molecule has 0 saturated carbocycles. The molecule has 36 heavy (non-hydrogen) atoms. The predicted octanol–water partition coefficient (Wildman–Crippen LogP) is 5.82. The van der Waals surface area contributed by atoms with E-state index in [0.717, 1.165) is 29.0 Å². The lowest BCUT2D eigenvalue weighted by atomic mass is 9.87. The van der Waals surface area contributed by atoms with E-state index in [1.165, 1.54) is 0 Å². The van der Waals surface area contributed by atoms with Crippen LogP contribution in [0, 0.1) is 5.92 Å². The number of anilines is 1. The number of ether oxygens (including phenoxy) is 3. The third-order valence-electron chi connectivity index (χ3n) is 5.56. The topological polar surface area (TPSA) is 60.0 Å². The molecular weight excluding hydrogens is 452 g/mol. The number of hydrogen-bond donors (Lipinski definition) is 1. The standard InChI is InChI=1S/C30H36N2O4/c1-22(2)28(23-9-7-6-8-10-23)29(24-11-15-27(16-12-24)36-21-34-5)30(33)31-25-13-17-26(18-14-25)35-20-19-32(3)4/h6-18,22H,19-21H2,1-5H3,(H,31,33). The zero-order valence-electron chi connectivity index (χ0n) is 21.8. The molecule has 0 bridgehead atoms. The number of methoxy groups -OCH3 is 1. The molecule has 3 rings (SSSR count). The largest absolute Gasteiger partial charge is 0.492 e. The van der Waals surface area contributed by atoms with Crippen molar-refractivity contribution in [2.45, 2.75) is 13.8 Å². The molecule has 0 aliphatic rings. The van der Waals surface area contributed by atoms with Crippen LogP contribution >= 0.6 is 0 Å². The molecule has 6 heteroatoms. The molecule has 0 aromatic heterocycles. The van der Waals surface area contributed by atoms with E-state index in [-0.39, 0.29) is 18.6 Å². The number of nitrogens with zero attached hydrogens (tertiary/aromatic N) is 1. The third kappa shape index (κ3) is 7.70. The molecule has 3 aromatic rings. The average Bonchev–Trinajstić information content (AvgIpc) is 2.87. The summed E-state index contributed by atoms with van der Waals surface area (Å²) in [6.45, 7) is 5.81. The van der Waals surface area contributed by atoms with Gasteiger partial charge in [0.05, 0.1) is 5.57 Å². The quantitative estimate of drug-likeness (QED) is 0.198. The maximum atomic E-state index is 13.8. The fraction of sp³-hybridized carbons (Fsp3) is 0.300. The predicted molar refractivity (Wildman–Crippen MR) is 146 cm³/mol. The second-order valence-electron chi connectivity index (χ2n) is 9.01. The molecule has 190 valence electrons. The van der Waals surface area contributed by atoms with Crippen molar-refractivity contribution in [3.63, 3.8) is 0 Å². The van der Waals surface area contributed by atoms with Crippen LogP contribution in [0.3, 0.4) is 0 Å². The lowest BCUT2D eigenvalue weighted by Gasteiger charge is -2.20. The number of carbonyl (C=O) groups excluding carboxylic acids is 1. The van der Waals surface area contributed by atoms with E-state index in [1.54, 1.807) is 7.11 Å². The Balaban J connectivity index is 1.93. The monoisotopic (exact) mass is 488 g/mol. The van der Waals surface area contributed by atoms with Gasteiger partial charge in [0, 0.05) is 19.3 Å². The number of hydrogen-bond acceptors (Lipinski definition) is 5. The molecule has 0 spiro atoms. The number of allylic oxidation sites excluding steroid dienone is 1. The van der Waals surface area contributed by atoms with E-state index in [1.807, 2.05) is 93.0 Å². The van der Waals surface area contributed by atoms with Gasteiger partial charge in [0.1, 0.15) is 18.1 Å². The number of likely N-dealkylation sites (N-methyl/N-ethyl adjacent to an activating group) is 1. The molecule has 0 atom stereocenters. The highest BCUT2D eigenvalue weighted by Crippen LogP contribution is 2.34. The van der Waals surface area contributed by atoms with Crippen molar-refractivity contribution in [1.82, 2.24) is 4.90 Å². The summed E-state index contributed by atoms with van der Waals surface area (Å²) in [4.78, 5) is 15.8. The van der Waals surface area contributed by atoms with Crippen molar-refractivity contribution in [3.8, 4) is 11.5 Å². The van der Waals surface area contributed by atoms with E-state index in [2.05, 4.69) is 24.1 Å². The Morgan fingerprint density at radius 2 is 1.44 bits per heavy atom. The zero-order valence-corrected chi connectivity index (χ0v) is 21.8. The fourth-order valence-electron chi connectivity index (χ4n) is 3.81. The van der Waals surface area contributed by atoms with Gasteiger partial charge in [-0.15, -0.1) is 0 Å². The van der Waals surface area contributed by atoms with Crippen LogP contribution in [0.25, 0.3) is 11.1 Å². The molecule has 1 amide bonds. The lowest BCUT2D eigenvalue weighted by molar-refractivity contribution is -0.111. The smallest absolute Gasteiger partial charge is 0.256 e. The van der Waals surface area contributed by atoms with Crippen molar-refractivity contribution < 1.29 is 19.0 Å².